The van der Waals surface area contributed by atoms with Crippen LogP contribution in [0.3, 0.4) is 0 Å². The minimum Gasteiger partial charge on any atom is -0.312 e. The number of aromatic nitrogens is 2. The maximum absolute atomic E-state index is 11.4. The highest BCUT2D eigenvalue weighted by molar-refractivity contribution is 6.58. The summed E-state index contributed by atoms with van der Waals surface area (Å²) in [6, 6.07) is 8.07. The van der Waals surface area contributed by atoms with Gasteiger partial charge in [-0.25, -0.2) is 9.97 Å². The molecule has 0 atom stereocenters. The maximum atomic E-state index is 11.4. The molecular formula is C15H17BN2O. The van der Waals surface area contributed by atoms with E-state index in [0.717, 1.165) is 42.4 Å². The van der Waals surface area contributed by atoms with Crippen LogP contribution in [0.25, 0.3) is 10.9 Å². The number of carbonyl (C=O) groups excluding carboxylic acids is 1. The molecule has 1 fully saturated rings. The average molecular weight is 252 g/mol. The lowest BCUT2D eigenvalue weighted by atomic mass is 9.75. The Morgan fingerprint density at radius 1 is 1.16 bits per heavy atom. The van der Waals surface area contributed by atoms with Crippen molar-refractivity contribution in [3.05, 3.63) is 36.3 Å². The van der Waals surface area contributed by atoms with E-state index in [1.165, 1.54) is 0 Å². The summed E-state index contributed by atoms with van der Waals surface area (Å²) in [6.45, 7) is 0. The fourth-order valence-electron chi connectivity index (χ4n) is 2.94. The molecule has 0 N–H and O–H groups in total. The zero-order chi connectivity index (χ0) is 13.2. The van der Waals surface area contributed by atoms with Gasteiger partial charge < -0.3 is 4.79 Å². The van der Waals surface area contributed by atoms with Crippen LogP contribution in [0.5, 0.6) is 0 Å². The van der Waals surface area contributed by atoms with Crippen LogP contribution >= 0.6 is 0 Å². The Morgan fingerprint density at radius 3 is 2.63 bits per heavy atom. The molecule has 4 heteroatoms. The lowest BCUT2D eigenvalue weighted by Crippen LogP contribution is -2.21. The first-order valence-electron chi connectivity index (χ1n) is 6.96. The fourth-order valence-corrected chi connectivity index (χ4v) is 2.94. The van der Waals surface area contributed by atoms with Gasteiger partial charge in [-0.3, -0.25) is 0 Å². The van der Waals surface area contributed by atoms with E-state index < -0.39 is 0 Å². The van der Waals surface area contributed by atoms with Crippen LogP contribution in [-0.4, -0.2) is 23.5 Å². The lowest BCUT2D eigenvalue weighted by molar-refractivity contribution is -0.116. The van der Waals surface area contributed by atoms with E-state index in [0.29, 0.717) is 11.6 Å². The van der Waals surface area contributed by atoms with E-state index in [1.54, 1.807) is 7.85 Å². The van der Waals surface area contributed by atoms with Gasteiger partial charge in [0.15, 0.2) is 7.85 Å². The van der Waals surface area contributed by atoms with Gasteiger partial charge in [0.1, 0.15) is 5.82 Å². The Kier molecular flexibility index (Phi) is 3.32. The number of carbonyl (C=O) groups is 1. The van der Waals surface area contributed by atoms with Gasteiger partial charge in [-0.15, -0.1) is 0 Å². The molecule has 3 nitrogen and oxygen atoms in total. The second kappa shape index (κ2) is 5.12. The normalized spacial score (nSPS) is 23.4. The summed E-state index contributed by atoms with van der Waals surface area (Å²) in [5, 5.41) is 1.09. The van der Waals surface area contributed by atoms with Gasteiger partial charge in [0.25, 0.3) is 0 Å². The van der Waals surface area contributed by atoms with Gasteiger partial charge in [0.05, 0.1) is 11.2 Å². The molecule has 3 rings (SSSR count). The largest absolute Gasteiger partial charge is 0.312 e. The second-order valence-electron chi connectivity index (χ2n) is 5.45. The van der Waals surface area contributed by atoms with Gasteiger partial charge in [0, 0.05) is 23.4 Å². The molecule has 96 valence electrons. The van der Waals surface area contributed by atoms with E-state index in [9.17, 15) is 4.79 Å². The van der Waals surface area contributed by atoms with Crippen LogP contribution in [0.1, 0.15) is 37.4 Å². The molecule has 1 aromatic carbocycles. The zero-order valence-electron chi connectivity index (χ0n) is 11.2. The summed E-state index contributed by atoms with van der Waals surface area (Å²) >= 11 is 0. The first kappa shape index (κ1) is 12.3. The summed E-state index contributed by atoms with van der Waals surface area (Å²) in [5.41, 5.74) is 1.35. The highest BCUT2D eigenvalue weighted by Crippen LogP contribution is 2.34. The molecule has 0 saturated heterocycles. The fraction of sp³-hybridized carbons (Fsp3) is 0.400. The molecule has 0 aliphatic heterocycles. The molecule has 0 amide bonds. The third-order valence-electron chi connectivity index (χ3n) is 4.17. The number of nitrogens with zero attached hydrogens (tertiary/aromatic N) is 2. The smallest absolute Gasteiger partial charge is 0.187 e. The molecule has 1 aliphatic rings. The molecule has 1 heterocycles. The SMILES string of the molecule is BC(=O)[C@H]1CC[C@H](c2ncc3ccccc3n2)CC1. The number of benzene rings is 1. The van der Waals surface area contributed by atoms with Crippen LogP contribution in [0.4, 0.5) is 0 Å². The van der Waals surface area contributed by atoms with Gasteiger partial charge in [-0.1, -0.05) is 18.2 Å². The first-order valence-corrected chi connectivity index (χ1v) is 6.96. The lowest BCUT2D eigenvalue weighted by Gasteiger charge is -2.26. The van der Waals surface area contributed by atoms with E-state index >= 15 is 0 Å². The van der Waals surface area contributed by atoms with Crippen LogP contribution in [0.2, 0.25) is 0 Å². The van der Waals surface area contributed by atoms with Crippen LogP contribution in [-0.2, 0) is 4.79 Å². The maximum Gasteiger partial charge on any atom is 0.187 e. The third kappa shape index (κ3) is 2.53. The molecule has 1 saturated carbocycles. The molecule has 1 aliphatic carbocycles. The topological polar surface area (TPSA) is 42.9 Å². The highest BCUT2D eigenvalue weighted by atomic mass is 16.1. The first-order chi connectivity index (χ1) is 9.24. The Labute approximate surface area is 113 Å². The van der Waals surface area contributed by atoms with Crippen molar-refractivity contribution in [3.8, 4) is 0 Å². The standard InChI is InChI=1S/C15H17BN2O/c16-14(19)10-5-7-11(8-6-10)15-17-9-12-3-1-2-4-13(12)18-15/h1-4,9-11H,5-8,16H2/t10-,11-. The van der Waals surface area contributed by atoms with Crippen molar-refractivity contribution in [3.63, 3.8) is 0 Å². The number of para-hydroxylation sites is 1. The molecule has 1 aromatic heterocycles. The molecule has 2 aromatic rings. The minimum absolute atomic E-state index is 0.261. The van der Waals surface area contributed by atoms with Crippen molar-refractivity contribution >= 4 is 24.4 Å². The van der Waals surface area contributed by atoms with Crippen molar-refractivity contribution < 1.29 is 4.79 Å². The Bertz CT molecular complexity index is 606. The van der Waals surface area contributed by atoms with Crippen LogP contribution < -0.4 is 0 Å². The van der Waals surface area contributed by atoms with Gasteiger partial charge >= 0.3 is 0 Å². The molecule has 0 radical (unpaired) electrons. The van der Waals surface area contributed by atoms with Crippen molar-refractivity contribution in [2.75, 3.05) is 0 Å². The second-order valence-corrected chi connectivity index (χ2v) is 5.45. The number of hydrogen-bond acceptors (Lipinski definition) is 3. The summed E-state index contributed by atoms with van der Waals surface area (Å²) in [4.78, 5) is 20.6. The molecular weight excluding hydrogens is 235 g/mol. The van der Waals surface area contributed by atoms with Crippen LogP contribution in [0.15, 0.2) is 30.5 Å². The Balaban J connectivity index is 1.80. The van der Waals surface area contributed by atoms with Gasteiger partial charge in [-0.2, -0.15) is 0 Å². The predicted octanol–water partition coefficient (Wildman–Crippen LogP) is 2.06. The van der Waals surface area contributed by atoms with Crippen LogP contribution in [0, 0.1) is 5.92 Å². The third-order valence-corrected chi connectivity index (χ3v) is 4.17. The Hall–Kier alpha value is -1.71. The van der Waals surface area contributed by atoms with Gasteiger partial charge in [-0.05, 0) is 31.7 Å². The highest BCUT2D eigenvalue weighted by Gasteiger charge is 2.26. The van der Waals surface area contributed by atoms with E-state index in [2.05, 4.69) is 9.97 Å². The Morgan fingerprint density at radius 2 is 1.89 bits per heavy atom. The zero-order valence-corrected chi connectivity index (χ0v) is 11.2. The van der Waals surface area contributed by atoms with E-state index in [1.807, 2.05) is 30.5 Å². The number of hydrogen-bond donors (Lipinski definition) is 0. The van der Waals surface area contributed by atoms with E-state index in [4.69, 9.17) is 0 Å². The predicted molar refractivity (Wildman–Crippen MR) is 77.8 cm³/mol. The van der Waals surface area contributed by atoms with Crippen molar-refractivity contribution in [2.24, 2.45) is 5.92 Å². The molecule has 0 unspecified atom stereocenters. The number of rotatable bonds is 2. The summed E-state index contributed by atoms with van der Waals surface area (Å²) in [5.74, 6) is 1.62. The molecule has 19 heavy (non-hydrogen) atoms. The van der Waals surface area contributed by atoms with E-state index in [-0.39, 0.29) is 5.92 Å². The molecule has 0 spiro atoms. The van der Waals surface area contributed by atoms with Gasteiger partial charge in [0.2, 0.25) is 0 Å². The molecule has 0 bridgehead atoms. The van der Waals surface area contributed by atoms with Crippen molar-refractivity contribution in [1.82, 2.24) is 9.97 Å². The summed E-state index contributed by atoms with van der Waals surface area (Å²) < 4.78 is 0. The quantitative estimate of drug-likeness (QED) is 0.768. The summed E-state index contributed by atoms with van der Waals surface area (Å²) in [6.07, 6.45) is 5.94. The average Bonchev–Trinajstić information content (AvgIpc) is 2.47. The number of fused-ring (bicyclic) bond motifs is 1. The minimum atomic E-state index is 0.261. The monoisotopic (exact) mass is 252 g/mol. The summed E-state index contributed by atoms with van der Waals surface area (Å²) in [7, 11) is 1.71. The van der Waals surface area contributed by atoms with Crippen molar-refractivity contribution in [1.29, 1.82) is 0 Å². The van der Waals surface area contributed by atoms with Crippen molar-refractivity contribution in [2.45, 2.75) is 31.6 Å².